The average Bonchev–Trinajstić information content (AvgIpc) is 2.34. The minimum Gasteiger partial charge on any atom is -0.192 e. The highest BCUT2D eigenvalue weighted by molar-refractivity contribution is 7.99. The Balaban J connectivity index is 2.32. The Bertz CT molecular complexity index is 632. The maximum absolute atomic E-state index is 8.88. The number of rotatable bonds is 2. The third kappa shape index (κ3) is 3.00. The smallest absolute Gasteiger partial charge is 0.0994 e. The average molecular weight is 294 g/mol. The van der Waals surface area contributed by atoms with E-state index in [-0.39, 0.29) is 0 Å². The van der Waals surface area contributed by atoms with Crippen LogP contribution in [0, 0.1) is 18.3 Å². The standard InChI is InChI=1S/C14H9Cl2NS/c1-9-6-12(4-2-10(9)8-17)18-14-7-11(15)3-5-13(14)16/h2-7H,1H3. The van der Waals surface area contributed by atoms with Gasteiger partial charge in [0.1, 0.15) is 0 Å². The number of hydrogen-bond donors (Lipinski definition) is 0. The van der Waals surface area contributed by atoms with Crippen LogP contribution in [0.1, 0.15) is 11.1 Å². The summed E-state index contributed by atoms with van der Waals surface area (Å²) in [6, 6.07) is 13.2. The fourth-order valence-electron chi connectivity index (χ4n) is 1.51. The van der Waals surface area contributed by atoms with E-state index >= 15 is 0 Å². The molecule has 0 N–H and O–H groups in total. The molecule has 2 rings (SSSR count). The van der Waals surface area contributed by atoms with E-state index < -0.39 is 0 Å². The lowest BCUT2D eigenvalue weighted by Crippen LogP contribution is -1.83. The highest BCUT2D eigenvalue weighted by Crippen LogP contribution is 2.35. The lowest BCUT2D eigenvalue weighted by Gasteiger charge is -2.06. The third-order valence-electron chi connectivity index (χ3n) is 2.44. The van der Waals surface area contributed by atoms with Crippen LogP contribution in [-0.2, 0) is 0 Å². The number of nitriles is 1. The van der Waals surface area contributed by atoms with E-state index in [1.165, 1.54) is 11.8 Å². The second-order valence-corrected chi connectivity index (χ2v) is 5.72. The molecular weight excluding hydrogens is 285 g/mol. The van der Waals surface area contributed by atoms with E-state index in [1.807, 2.05) is 31.2 Å². The zero-order chi connectivity index (χ0) is 13.1. The Morgan fingerprint density at radius 1 is 1.11 bits per heavy atom. The Kier molecular flexibility index (Phi) is 4.19. The van der Waals surface area contributed by atoms with Crippen LogP contribution in [0.5, 0.6) is 0 Å². The number of nitrogens with zero attached hydrogens (tertiary/aromatic N) is 1. The first kappa shape index (κ1) is 13.3. The Morgan fingerprint density at radius 2 is 1.89 bits per heavy atom. The molecule has 2 aromatic carbocycles. The van der Waals surface area contributed by atoms with Crippen LogP contribution < -0.4 is 0 Å². The summed E-state index contributed by atoms with van der Waals surface area (Å²) in [6.45, 7) is 1.92. The van der Waals surface area contributed by atoms with E-state index in [0.29, 0.717) is 15.6 Å². The van der Waals surface area contributed by atoms with Crippen LogP contribution in [0.25, 0.3) is 0 Å². The van der Waals surface area contributed by atoms with Crippen molar-refractivity contribution in [3.63, 3.8) is 0 Å². The van der Waals surface area contributed by atoms with Crippen molar-refractivity contribution in [1.29, 1.82) is 5.26 Å². The van der Waals surface area contributed by atoms with Crippen LogP contribution in [0.3, 0.4) is 0 Å². The van der Waals surface area contributed by atoms with E-state index in [2.05, 4.69) is 6.07 Å². The number of hydrogen-bond acceptors (Lipinski definition) is 2. The Hall–Kier alpha value is -1.14. The maximum Gasteiger partial charge on any atom is 0.0994 e. The van der Waals surface area contributed by atoms with Gasteiger partial charge >= 0.3 is 0 Å². The fourth-order valence-corrected chi connectivity index (χ4v) is 2.95. The van der Waals surface area contributed by atoms with Crippen LogP contribution in [-0.4, -0.2) is 0 Å². The summed E-state index contributed by atoms with van der Waals surface area (Å²) in [5.41, 5.74) is 1.65. The first-order chi connectivity index (χ1) is 8.60. The SMILES string of the molecule is Cc1cc(Sc2cc(Cl)ccc2Cl)ccc1C#N. The normalized spacial score (nSPS) is 10.1. The number of aryl methyl sites for hydroxylation is 1. The van der Waals surface area contributed by atoms with Crippen molar-refractivity contribution >= 4 is 35.0 Å². The first-order valence-electron chi connectivity index (χ1n) is 5.24. The highest BCUT2D eigenvalue weighted by Gasteiger charge is 2.05. The lowest BCUT2D eigenvalue weighted by molar-refractivity contribution is 1.31. The highest BCUT2D eigenvalue weighted by atomic mass is 35.5. The summed E-state index contributed by atoms with van der Waals surface area (Å²) >= 11 is 13.6. The summed E-state index contributed by atoms with van der Waals surface area (Å²) in [5, 5.41) is 10.2. The van der Waals surface area contributed by atoms with Crippen molar-refractivity contribution in [2.24, 2.45) is 0 Å². The molecule has 0 unspecified atom stereocenters. The van der Waals surface area contributed by atoms with Crippen molar-refractivity contribution < 1.29 is 0 Å². The lowest BCUT2D eigenvalue weighted by atomic mass is 10.1. The molecule has 2 aromatic rings. The number of halogens is 2. The zero-order valence-corrected chi connectivity index (χ0v) is 11.9. The molecule has 4 heteroatoms. The van der Waals surface area contributed by atoms with Gasteiger partial charge in [0.2, 0.25) is 0 Å². The van der Waals surface area contributed by atoms with Crippen molar-refractivity contribution in [2.75, 3.05) is 0 Å². The van der Waals surface area contributed by atoms with E-state index in [9.17, 15) is 0 Å². The molecule has 0 amide bonds. The molecule has 0 saturated carbocycles. The molecule has 0 aliphatic carbocycles. The third-order valence-corrected chi connectivity index (χ3v) is 4.16. The summed E-state index contributed by atoms with van der Waals surface area (Å²) in [6.07, 6.45) is 0. The van der Waals surface area contributed by atoms with Gasteiger partial charge in [-0.05, 0) is 48.9 Å². The Labute approximate surface area is 120 Å². The molecule has 0 fully saturated rings. The van der Waals surface area contributed by atoms with Gasteiger partial charge in [0.15, 0.2) is 0 Å². The van der Waals surface area contributed by atoms with Crippen molar-refractivity contribution in [3.05, 3.63) is 57.6 Å². The molecule has 0 radical (unpaired) electrons. The minimum absolute atomic E-state index is 0.660. The van der Waals surface area contributed by atoms with Gasteiger partial charge in [-0.1, -0.05) is 35.0 Å². The van der Waals surface area contributed by atoms with Gasteiger partial charge in [0, 0.05) is 14.8 Å². The van der Waals surface area contributed by atoms with Crippen LogP contribution in [0.15, 0.2) is 46.2 Å². The molecule has 0 heterocycles. The van der Waals surface area contributed by atoms with E-state index in [0.717, 1.165) is 15.4 Å². The predicted molar refractivity (Wildman–Crippen MR) is 76.5 cm³/mol. The Morgan fingerprint density at radius 3 is 2.56 bits per heavy atom. The van der Waals surface area contributed by atoms with Crippen molar-refractivity contribution in [1.82, 2.24) is 0 Å². The molecule has 0 bridgehead atoms. The molecule has 0 aliphatic heterocycles. The molecule has 1 nitrogen and oxygen atoms in total. The largest absolute Gasteiger partial charge is 0.192 e. The van der Waals surface area contributed by atoms with Gasteiger partial charge in [-0.15, -0.1) is 0 Å². The van der Waals surface area contributed by atoms with Gasteiger partial charge in [0.05, 0.1) is 16.7 Å². The van der Waals surface area contributed by atoms with Gasteiger partial charge in [-0.2, -0.15) is 5.26 Å². The first-order valence-corrected chi connectivity index (χ1v) is 6.81. The van der Waals surface area contributed by atoms with E-state index in [1.54, 1.807) is 12.1 Å². The van der Waals surface area contributed by atoms with Crippen LogP contribution in [0.4, 0.5) is 0 Å². The van der Waals surface area contributed by atoms with Gasteiger partial charge < -0.3 is 0 Å². The predicted octanol–water partition coefficient (Wildman–Crippen LogP) is 5.32. The molecule has 0 spiro atoms. The molecule has 0 atom stereocenters. The van der Waals surface area contributed by atoms with Crippen molar-refractivity contribution in [3.8, 4) is 6.07 Å². The summed E-state index contributed by atoms with van der Waals surface area (Å²) in [7, 11) is 0. The van der Waals surface area contributed by atoms with Crippen LogP contribution >= 0.6 is 35.0 Å². The topological polar surface area (TPSA) is 23.8 Å². The second kappa shape index (κ2) is 5.67. The van der Waals surface area contributed by atoms with Gasteiger partial charge in [0.25, 0.3) is 0 Å². The van der Waals surface area contributed by atoms with Gasteiger partial charge in [-0.3, -0.25) is 0 Å². The van der Waals surface area contributed by atoms with Gasteiger partial charge in [-0.25, -0.2) is 0 Å². The van der Waals surface area contributed by atoms with Crippen LogP contribution in [0.2, 0.25) is 10.0 Å². The molecule has 0 aromatic heterocycles. The molecule has 90 valence electrons. The molecule has 0 saturated heterocycles. The fraction of sp³-hybridized carbons (Fsp3) is 0.0714. The summed E-state index contributed by atoms with van der Waals surface area (Å²) in [5.74, 6) is 0. The summed E-state index contributed by atoms with van der Waals surface area (Å²) in [4.78, 5) is 1.95. The monoisotopic (exact) mass is 293 g/mol. The zero-order valence-electron chi connectivity index (χ0n) is 9.58. The number of benzene rings is 2. The quantitative estimate of drug-likeness (QED) is 0.748. The molecule has 0 aliphatic rings. The van der Waals surface area contributed by atoms with Crippen molar-refractivity contribution in [2.45, 2.75) is 16.7 Å². The second-order valence-electron chi connectivity index (χ2n) is 3.77. The minimum atomic E-state index is 0.660. The molecular formula is C14H9Cl2NS. The maximum atomic E-state index is 8.88. The summed E-state index contributed by atoms with van der Waals surface area (Å²) < 4.78 is 0. The molecule has 18 heavy (non-hydrogen) atoms. The van der Waals surface area contributed by atoms with E-state index in [4.69, 9.17) is 28.5 Å².